The van der Waals surface area contributed by atoms with E-state index in [2.05, 4.69) is 5.32 Å². The summed E-state index contributed by atoms with van der Waals surface area (Å²) in [6.45, 7) is 4.34. The first-order valence-corrected chi connectivity index (χ1v) is 6.76. The van der Waals surface area contributed by atoms with E-state index in [0.717, 1.165) is 45.2 Å². The van der Waals surface area contributed by atoms with Crippen LogP contribution < -0.4 is 5.32 Å². The van der Waals surface area contributed by atoms with Crippen molar-refractivity contribution in [3.05, 3.63) is 0 Å². The van der Waals surface area contributed by atoms with Gasteiger partial charge in [-0.2, -0.15) is 0 Å². The lowest BCUT2D eigenvalue weighted by atomic mass is 9.82. The number of unbranched alkanes of at least 4 members (excludes halogenated alkanes) is 2. The van der Waals surface area contributed by atoms with E-state index in [0.29, 0.717) is 18.9 Å². The normalized spacial score (nSPS) is 23.2. The van der Waals surface area contributed by atoms with Crippen molar-refractivity contribution in [2.24, 2.45) is 5.92 Å². The number of ether oxygens (including phenoxy) is 1. The lowest BCUT2D eigenvalue weighted by Gasteiger charge is -2.31. The van der Waals surface area contributed by atoms with Gasteiger partial charge < -0.3 is 15.2 Å². The lowest BCUT2D eigenvalue weighted by molar-refractivity contribution is -0.143. The SMILES string of the molecule is CCOC(=O)CCCCCNCC1CC(O)C1. The first-order chi connectivity index (χ1) is 8.22. The average Bonchev–Trinajstić information content (AvgIpc) is 2.25. The second kappa shape index (κ2) is 8.48. The number of carbonyl (C=O) groups excluding carboxylic acids is 1. The molecule has 1 fully saturated rings. The van der Waals surface area contributed by atoms with Crippen molar-refractivity contribution in [3.8, 4) is 0 Å². The summed E-state index contributed by atoms with van der Waals surface area (Å²) in [5.74, 6) is 0.591. The van der Waals surface area contributed by atoms with Gasteiger partial charge in [-0.3, -0.25) is 4.79 Å². The van der Waals surface area contributed by atoms with Crippen molar-refractivity contribution in [1.82, 2.24) is 5.32 Å². The predicted octanol–water partition coefficient (Wildman–Crippen LogP) is 1.47. The summed E-state index contributed by atoms with van der Waals surface area (Å²) in [5, 5.41) is 12.5. The van der Waals surface area contributed by atoms with E-state index in [1.54, 1.807) is 0 Å². The predicted molar refractivity (Wildman–Crippen MR) is 66.7 cm³/mol. The molecule has 4 nitrogen and oxygen atoms in total. The molecular weight excluding hydrogens is 218 g/mol. The zero-order valence-corrected chi connectivity index (χ0v) is 10.8. The number of carbonyl (C=O) groups is 1. The van der Waals surface area contributed by atoms with Crippen LogP contribution in [0.25, 0.3) is 0 Å². The average molecular weight is 243 g/mol. The molecule has 1 rings (SSSR count). The van der Waals surface area contributed by atoms with E-state index in [1.165, 1.54) is 0 Å². The standard InChI is InChI=1S/C13H25NO3/c1-2-17-13(16)6-4-3-5-7-14-10-11-8-12(15)9-11/h11-12,14-15H,2-10H2,1H3. The van der Waals surface area contributed by atoms with Gasteiger partial charge in [0.2, 0.25) is 0 Å². The van der Waals surface area contributed by atoms with Crippen LogP contribution in [-0.4, -0.2) is 36.9 Å². The third kappa shape index (κ3) is 6.64. The van der Waals surface area contributed by atoms with Crippen LogP contribution in [0.2, 0.25) is 0 Å². The topological polar surface area (TPSA) is 58.6 Å². The minimum atomic E-state index is -0.0797. The highest BCUT2D eigenvalue weighted by Gasteiger charge is 2.26. The Balaban J connectivity index is 1.77. The largest absolute Gasteiger partial charge is 0.466 e. The van der Waals surface area contributed by atoms with Gasteiger partial charge in [-0.1, -0.05) is 6.42 Å². The molecule has 100 valence electrons. The molecule has 0 unspecified atom stereocenters. The van der Waals surface area contributed by atoms with E-state index in [9.17, 15) is 4.79 Å². The fraction of sp³-hybridized carbons (Fsp3) is 0.923. The Morgan fingerprint density at radius 2 is 2.12 bits per heavy atom. The Labute approximate surface area is 104 Å². The zero-order valence-electron chi connectivity index (χ0n) is 10.8. The van der Waals surface area contributed by atoms with Gasteiger partial charge in [-0.05, 0) is 51.6 Å². The maximum absolute atomic E-state index is 11.0. The van der Waals surface area contributed by atoms with Crippen molar-refractivity contribution in [2.75, 3.05) is 19.7 Å². The van der Waals surface area contributed by atoms with Crippen LogP contribution in [0, 0.1) is 5.92 Å². The van der Waals surface area contributed by atoms with Gasteiger partial charge in [0.1, 0.15) is 0 Å². The number of aliphatic hydroxyl groups excluding tert-OH is 1. The van der Waals surface area contributed by atoms with E-state index < -0.39 is 0 Å². The number of esters is 1. The Kier molecular flexibility index (Phi) is 7.21. The maximum atomic E-state index is 11.0. The molecule has 1 saturated carbocycles. The monoisotopic (exact) mass is 243 g/mol. The highest BCUT2D eigenvalue weighted by atomic mass is 16.5. The highest BCUT2D eigenvalue weighted by molar-refractivity contribution is 5.69. The molecule has 0 aromatic carbocycles. The first kappa shape index (κ1) is 14.5. The summed E-state index contributed by atoms with van der Waals surface area (Å²) in [5.41, 5.74) is 0. The summed E-state index contributed by atoms with van der Waals surface area (Å²) in [6.07, 6.45) is 5.50. The number of rotatable bonds is 9. The summed E-state index contributed by atoms with van der Waals surface area (Å²) in [4.78, 5) is 11.0. The fourth-order valence-electron chi connectivity index (χ4n) is 2.10. The third-order valence-electron chi connectivity index (χ3n) is 3.18. The summed E-state index contributed by atoms with van der Waals surface area (Å²) in [6, 6.07) is 0. The second-order valence-electron chi connectivity index (χ2n) is 4.81. The minimum Gasteiger partial charge on any atom is -0.466 e. The number of hydrogen-bond donors (Lipinski definition) is 2. The van der Waals surface area contributed by atoms with Gasteiger partial charge >= 0.3 is 5.97 Å². The molecule has 17 heavy (non-hydrogen) atoms. The molecular formula is C13H25NO3. The van der Waals surface area contributed by atoms with E-state index in [-0.39, 0.29) is 12.1 Å². The molecule has 4 heteroatoms. The maximum Gasteiger partial charge on any atom is 0.305 e. The molecule has 0 aromatic rings. The van der Waals surface area contributed by atoms with Crippen molar-refractivity contribution >= 4 is 5.97 Å². The molecule has 0 heterocycles. The van der Waals surface area contributed by atoms with Crippen molar-refractivity contribution in [3.63, 3.8) is 0 Å². The lowest BCUT2D eigenvalue weighted by Crippen LogP contribution is -2.36. The molecule has 0 spiro atoms. The second-order valence-corrected chi connectivity index (χ2v) is 4.81. The van der Waals surface area contributed by atoms with Gasteiger partial charge in [-0.15, -0.1) is 0 Å². The first-order valence-electron chi connectivity index (χ1n) is 6.76. The van der Waals surface area contributed by atoms with Crippen molar-refractivity contribution < 1.29 is 14.6 Å². The van der Waals surface area contributed by atoms with Gasteiger partial charge in [0.25, 0.3) is 0 Å². The molecule has 0 saturated heterocycles. The summed E-state index contributed by atoms with van der Waals surface area (Å²) < 4.78 is 4.85. The van der Waals surface area contributed by atoms with Crippen LogP contribution >= 0.6 is 0 Å². The molecule has 1 aliphatic carbocycles. The van der Waals surface area contributed by atoms with E-state index in [4.69, 9.17) is 9.84 Å². The zero-order chi connectivity index (χ0) is 12.5. The smallest absolute Gasteiger partial charge is 0.305 e. The molecule has 0 amide bonds. The third-order valence-corrected chi connectivity index (χ3v) is 3.18. The van der Waals surface area contributed by atoms with Gasteiger partial charge in [0, 0.05) is 6.42 Å². The van der Waals surface area contributed by atoms with E-state index in [1.807, 2.05) is 6.92 Å². The molecule has 2 N–H and O–H groups in total. The number of hydrogen-bond acceptors (Lipinski definition) is 4. The highest BCUT2D eigenvalue weighted by Crippen LogP contribution is 2.25. The molecule has 0 aliphatic heterocycles. The van der Waals surface area contributed by atoms with Crippen LogP contribution in [0.1, 0.15) is 45.4 Å². The summed E-state index contributed by atoms with van der Waals surface area (Å²) in [7, 11) is 0. The number of aliphatic hydroxyl groups is 1. The summed E-state index contributed by atoms with van der Waals surface area (Å²) >= 11 is 0. The van der Waals surface area contributed by atoms with Crippen LogP contribution in [0.5, 0.6) is 0 Å². The van der Waals surface area contributed by atoms with Gasteiger partial charge in [0.05, 0.1) is 12.7 Å². The Hall–Kier alpha value is -0.610. The van der Waals surface area contributed by atoms with Crippen molar-refractivity contribution in [2.45, 2.75) is 51.6 Å². The van der Waals surface area contributed by atoms with Crippen LogP contribution in [0.3, 0.4) is 0 Å². The van der Waals surface area contributed by atoms with E-state index >= 15 is 0 Å². The molecule has 0 aromatic heterocycles. The minimum absolute atomic E-state index is 0.0496. The Morgan fingerprint density at radius 1 is 1.35 bits per heavy atom. The van der Waals surface area contributed by atoms with Crippen LogP contribution in [0.15, 0.2) is 0 Å². The van der Waals surface area contributed by atoms with Crippen LogP contribution in [-0.2, 0) is 9.53 Å². The molecule has 0 bridgehead atoms. The molecule has 1 aliphatic rings. The fourth-order valence-corrected chi connectivity index (χ4v) is 2.10. The Bertz CT molecular complexity index is 215. The molecule has 0 atom stereocenters. The van der Waals surface area contributed by atoms with Gasteiger partial charge in [-0.25, -0.2) is 0 Å². The van der Waals surface area contributed by atoms with Crippen molar-refractivity contribution in [1.29, 1.82) is 0 Å². The number of nitrogens with one attached hydrogen (secondary N) is 1. The van der Waals surface area contributed by atoms with Gasteiger partial charge in [0.15, 0.2) is 0 Å². The Morgan fingerprint density at radius 3 is 2.76 bits per heavy atom. The quantitative estimate of drug-likeness (QED) is 0.475. The van der Waals surface area contributed by atoms with Crippen LogP contribution in [0.4, 0.5) is 0 Å². The molecule has 0 radical (unpaired) electrons.